The molecule has 1 aromatic heterocycles. The number of nitrogens with two attached hydrogens (primary N) is 1. The number of nitrogens with one attached hydrogen (secondary N) is 1. The van der Waals surface area contributed by atoms with Gasteiger partial charge in [0.2, 0.25) is 0 Å². The molecule has 0 aliphatic carbocycles. The molecule has 18 heavy (non-hydrogen) atoms. The van der Waals surface area contributed by atoms with E-state index in [4.69, 9.17) is 10.5 Å². The van der Waals surface area contributed by atoms with Crippen LogP contribution in [0.2, 0.25) is 0 Å². The quantitative estimate of drug-likeness (QED) is 0.662. The fraction of sp³-hybridized carbons (Fsp3) is 0.667. The number of aromatic nitrogens is 2. The predicted octanol–water partition coefficient (Wildman–Crippen LogP) is 0.628. The molecule has 0 atom stereocenters. The third-order valence-electron chi connectivity index (χ3n) is 2.53. The molecule has 6 nitrogen and oxygen atoms in total. The van der Waals surface area contributed by atoms with Gasteiger partial charge in [0.05, 0.1) is 6.61 Å². The summed E-state index contributed by atoms with van der Waals surface area (Å²) in [5, 5.41) is 3.21. The molecular weight excluding hydrogens is 230 g/mol. The maximum Gasteiger partial charge on any atom is 0.134 e. The first-order chi connectivity index (χ1) is 8.67. The number of methoxy groups -OCH3 is 1. The second-order valence-corrected chi connectivity index (χ2v) is 4.14. The molecule has 0 aliphatic rings. The van der Waals surface area contributed by atoms with Crippen molar-refractivity contribution in [3.8, 4) is 0 Å². The van der Waals surface area contributed by atoms with Crippen LogP contribution in [0.25, 0.3) is 0 Å². The van der Waals surface area contributed by atoms with Crippen LogP contribution >= 0.6 is 0 Å². The molecule has 0 saturated heterocycles. The molecule has 3 N–H and O–H groups in total. The van der Waals surface area contributed by atoms with Gasteiger partial charge in [-0.3, -0.25) is 0 Å². The molecule has 0 saturated carbocycles. The average Bonchev–Trinajstić information content (AvgIpc) is 2.35. The Morgan fingerprint density at radius 2 is 2.22 bits per heavy atom. The van der Waals surface area contributed by atoms with Crippen molar-refractivity contribution in [3.05, 3.63) is 11.9 Å². The summed E-state index contributed by atoms with van der Waals surface area (Å²) < 4.78 is 4.99. The molecule has 0 radical (unpaired) electrons. The van der Waals surface area contributed by atoms with Crippen LogP contribution in [0.15, 0.2) is 6.07 Å². The number of nitrogens with zero attached hydrogens (tertiary/aromatic N) is 3. The first-order valence-electron chi connectivity index (χ1n) is 6.17. The first kappa shape index (κ1) is 14.7. The summed E-state index contributed by atoms with van der Waals surface area (Å²) in [6.45, 7) is 4.86. The lowest BCUT2D eigenvalue weighted by atomic mass is 10.4. The van der Waals surface area contributed by atoms with E-state index < -0.39 is 0 Å². The van der Waals surface area contributed by atoms with E-state index in [1.54, 1.807) is 7.11 Å². The predicted molar refractivity (Wildman–Crippen MR) is 74.1 cm³/mol. The van der Waals surface area contributed by atoms with Gasteiger partial charge in [0.15, 0.2) is 0 Å². The topological polar surface area (TPSA) is 76.3 Å². The van der Waals surface area contributed by atoms with Gasteiger partial charge in [-0.2, -0.15) is 0 Å². The van der Waals surface area contributed by atoms with Gasteiger partial charge in [0.1, 0.15) is 17.5 Å². The molecule has 102 valence electrons. The smallest absolute Gasteiger partial charge is 0.134 e. The van der Waals surface area contributed by atoms with Gasteiger partial charge in [0.25, 0.3) is 0 Å². The van der Waals surface area contributed by atoms with E-state index in [0.29, 0.717) is 13.2 Å². The van der Waals surface area contributed by atoms with Crippen molar-refractivity contribution >= 4 is 11.6 Å². The normalized spacial score (nSPS) is 10.4. The minimum atomic E-state index is 0.654. The second-order valence-electron chi connectivity index (χ2n) is 4.14. The van der Waals surface area contributed by atoms with E-state index in [-0.39, 0.29) is 0 Å². The van der Waals surface area contributed by atoms with Crippen LogP contribution < -0.4 is 16.0 Å². The molecule has 0 spiro atoms. The zero-order chi connectivity index (χ0) is 13.4. The van der Waals surface area contributed by atoms with Crippen LogP contribution in [0.3, 0.4) is 0 Å². The van der Waals surface area contributed by atoms with E-state index in [1.165, 1.54) is 0 Å². The largest absolute Gasteiger partial charge is 0.383 e. The molecular formula is C12H23N5O. The Morgan fingerprint density at radius 3 is 2.89 bits per heavy atom. The van der Waals surface area contributed by atoms with Crippen LogP contribution in [0, 0.1) is 6.92 Å². The van der Waals surface area contributed by atoms with E-state index in [2.05, 4.69) is 20.2 Å². The van der Waals surface area contributed by atoms with E-state index in [1.807, 2.05) is 20.0 Å². The molecule has 0 aromatic carbocycles. The van der Waals surface area contributed by atoms with Crippen molar-refractivity contribution < 1.29 is 4.74 Å². The molecule has 1 aromatic rings. The lowest BCUT2D eigenvalue weighted by Crippen LogP contribution is -2.22. The highest BCUT2D eigenvalue weighted by Gasteiger charge is 2.06. The van der Waals surface area contributed by atoms with Crippen molar-refractivity contribution in [3.63, 3.8) is 0 Å². The van der Waals surface area contributed by atoms with Crippen molar-refractivity contribution in [1.29, 1.82) is 0 Å². The molecule has 0 fully saturated rings. The lowest BCUT2D eigenvalue weighted by molar-refractivity contribution is 0.210. The summed E-state index contributed by atoms with van der Waals surface area (Å²) >= 11 is 0. The third kappa shape index (κ3) is 4.85. The summed E-state index contributed by atoms with van der Waals surface area (Å²) in [6, 6.07) is 1.94. The maximum absolute atomic E-state index is 5.51. The number of ether oxygens (including phenoxy) is 1. The summed E-state index contributed by atoms with van der Waals surface area (Å²) in [6.07, 6.45) is 0.950. The SMILES string of the molecule is COCCNc1cc(N(C)CCCN)nc(C)n1. The zero-order valence-electron chi connectivity index (χ0n) is 11.4. The highest BCUT2D eigenvalue weighted by molar-refractivity contribution is 5.48. The summed E-state index contributed by atoms with van der Waals surface area (Å²) in [4.78, 5) is 10.8. The summed E-state index contributed by atoms with van der Waals surface area (Å²) in [5.74, 6) is 2.50. The lowest BCUT2D eigenvalue weighted by Gasteiger charge is -2.19. The zero-order valence-corrected chi connectivity index (χ0v) is 11.4. The number of anilines is 2. The Hall–Kier alpha value is -1.40. The number of aryl methyl sites for hydroxylation is 1. The Balaban J connectivity index is 2.67. The Morgan fingerprint density at radius 1 is 1.44 bits per heavy atom. The van der Waals surface area contributed by atoms with Gasteiger partial charge in [0, 0.05) is 33.3 Å². The first-order valence-corrected chi connectivity index (χ1v) is 6.17. The molecule has 0 amide bonds. The van der Waals surface area contributed by atoms with Crippen LogP contribution in [0.1, 0.15) is 12.2 Å². The Labute approximate surface area is 109 Å². The van der Waals surface area contributed by atoms with Gasteiger partial charge in [-0.05, 0) is 19.9 Å². The van der Waals surface area contributed by atoms with E-state index in [0.717, 1.165) is 37.0 Å². The van der Waals surface area contributed by atoms with Crippen LogP contribution in [0.5, 0.6) is 0 Å². The van der Waals surface area contributed by atoms with Gasteiger partial charge in [-0.1, -0.05) is 0 Å². The van der Waals surface area contributed by atoms with Crippen molar-refractivity contribution in [2.75, 3.05) is 50.6 Å². The molecule has 1 heterocycles. The van der Waals surface area contributed by atoms with Crippen LogP contribution in [0.4, 0.5) is 11.6 Å². The van der Waals surface area contributed by atoms with Gasteiger partial charge >= 0.3 is 0 Å². The number of rotatable bonds is 8. The fourth-order valence-electron chi connectivity index (χ4n) is 1.56. The van der Waals surface area contributed by atoms with Gasteiger partial charge in [-0.15, -0.1) is 0 Å². The van der Waals surface area contributed by atoms with Crippen LogP contribution in [-0.2, 0) is 4.74 Å². The van der Waals surface area contributed by atoms with Gasteiger partial charge in [-0.25, -0.2) is 9.97 Å². The Bertz CT molecular complexity index is 358. The summed E-state index contributed by atoms with van der Waals surface area (Å²) in [7, 11) is 3.69. The van der Waals surface area contributed by atoms with Crippen LogP contribution in [-0.4, -0.2) is 50.4 Å². The maximum atomic E-state index is 5.51. The minimum Gasteiger partial charge on any atom is -0.383 e. The van der Waals surface area contributed by atoms with Gasteiger partial charge < -0.3 is 20.7 Å². The molecule has 1 rings (SSSR count). The minimum absolute atomic E-state index is 0.654. The third-order valence-corrected chi connectivity index (χ3v) is 2.53. The second kappa shape index (κ2) is 7.84. The molecule has 0 aliphatic heterocycles. The highest BCUT2D eigenvalue weighted by atomic mass is 16.5. The number of hydrogen-bond acceptors (Lipinski definition) is 6. The fourth-order valence-corrected chi connectivity index (χ4v) is 1.56. The van der Waals surface area contributed by atoms with Crippen molar-refractivity contribution in [2.24, 2.45) is 5.73 Å². The highest BCUT2D eigenvalue weighted by Crippen LogP contribution is 2.14. The van der Waals surface area contributed by atoms with Crippen molar-refractivity contribution in [1.82, 2.24) is 9.97 Å². The molecule has 6 heteroatoms. The van der Waals surface area contributed by atoms with E-state index >= 15 is 0 Å². The van der Waals surface area contributed by atoms with E-state index in [9.17, 15) is 0 Å². The number of hydrogen-bond donors (Lipinski definition) is 2. The average molecular weight is 253 g/mol. The molecule has 0 bridgehead atoms. The monoisotopic (exact) mass is 253 g/mol. The van der Waals surface area contributed by atoms with Crippen molar-refractivity contribution in [2.45, 2.75) is 13.3 Å². The molecule has 0 unspecified atom stereocenters. The summed E-state index contributed by atoms with van der Waals surface area (Å²) in [5.41, 5.74) is 5.51. The Kier molecular flexibility index (Phi) is 6.38. The standard InChI is InChI=1S/C12H23N5O/c1-10-15-11(14-6-8-18-3)9-12(16-10)17(2)7-4-5-13/h9H,4-8,13H2,1-3H3,(H,14,15,16).